The number of methoxy groups -OCH3 is 1. The normalized spacial score (nSPS) is 17.4. The van der Waals surface area contributed by atoms with Crippen molar-refractivity contribution in [2.45, 2.75) is 13.0 Å². The Morgan fingerprint density at radius 2 is 2.00 bits per heavy atom. The molecule has 0 atom stereocenters. The molecule has 3 aromatic rings. The van der Waals surface area contributed by atoms with E-state index in [1.54, 1.807) is 19.2 Å². The van der Waals surface area contributed by atoms with Crippen molar-refractivity contribution < 1.29 is 22.7 Å². The molecule has 12 nitrogen and oxygen atoms in total. The summed E-state index contributed by atoms with van der Waals surface area (Å²) in [6, 6.07) is 6.89. The highest BCUT2D eigenvalue weighted by atomic mass is 32.2. The fourth-order valence-corrected chi connectivity index (χ4v) is 5.75. The predicted octanol–water partition coefficient (Wildman–Crippen LogP) is 0.688. The molecule has 1 saturated heterocycles. The molecular weight excluding hydrogens is 498 g/mol. The van der Waals surface area contributed by atoms with Crippen LogP contribution in [0.1, 0.15) is 16.8 Å². The maximum Gasteiger partial charge on any atom is 0.281 e. The first-order valence-electron chi connectivity index (χ1n) is 12.1. The molecule has 1 amide bonds. The van der Waals surface area contributed by atoms with Crippen LogP contribution in [0.3, 0.4) is 0 Å². The molecule has 0 bridgehead atoms. The summed E-state index contributed by atoms with van der Waals surface area (Å²) in [6.07, 6.45) is 2.13. The number of nitrogen functional groups attached to an aromatic ring is 1. The average molecular weight is 528 g/mol. The summed E-state index contributed by atoms with van der Waals surface area (Å²) in [6.45, 7) is 3.59. The van der Waals surface area contributed by atoms with Crippen molar-refractivity contribution in [1.29, 1.82) is 0 Å². The second kappa shape index (κ2) is 10.3. The zero-order chi connectivity index (χ0) is 26.0. The van der Waals surface area contributed by atoms with Crippen molar-refractivity contribution in [2.24, 2.45) is 4.99 Å². The molecule has 1 fully saturated rings. The lowest BCUT2D eigenvalue weighted by molar-refractivity contribution is 0.0996. The van der Waals surface area contributed by atoms with Crippen molar-refractivity contribution in [1.82, 2.24) is 19.4 Å². The van der Waals surface area contributed by atoms with Crippen molar-refractivity contribution >= 4 is 38.3 Å². The largest absolute Gasteiger partial charge is 0.491 e. The first-order valence-corrected chi connectivity index (χ1v) is 13.9. The number of benzene rings is 1. The highest BCUT2D eigenvalue weighted by molar-refractivity contribution is 7.91. The number of nitrogens with two attached hydrogens (primary N) is 1. The van der Waals surface area contributed by atoms with Gasteiger partial charge in [0.05, 0.1) is 30.8 Å². The molecule has 37 heavy (non-hydrogen) atoms. The molecule has 13 heteroatoms. The number of sulfone groups is 1. The van der Waals surface area contributed by atoms with Gasteiger partial charge in [0.25, 0.3) is 5.91 Å². The number of rotatable bonds is 7. The van der Waals surface area contributed by atoms with E-state index in [1.807, 2.05) is 16.7 Å². The molecule has 3 N–H and O–H groups in total. The number of carbonyl (C=O) groups is 1. The van der Waals surface area contributed by atoms with E-state index in [4.69, 9.17) is 20.2 Å². The fourth-order valence-electron chi connectivity index (χ4n) is 4.48. The third-order valence-corrected chi connectivity index (χ3v) is 8.06. The first-order chi connectivity index (χ1) is 17.8. The van der Waals surface area contributed by atoms with Crippen LogP contribution in [0.25, 0.3) is 10.9 Å². The first kappa shape index (κ1) is 25.0. The lowest BCUT2D eigenvalue weighted by Gasteiger charge is -2.26. The Bertz CT molecular complexity index is 1490. The summed E-state index contributed by atoms with van der Waals surface area (Å²) in [5.74, 6) is 2.05. The molecule has 196 valence electrons. The standard InChI is InChI=1S/C24H29N7O5S/c1-35-21-18(36-12-2-8-30-10-13-37(33,34)14-11-30)5-4-17-20(21)28-24(31-9-7-26-22(17)31)29-23(32)16-3-6-19(25)27-15-16/h3-6,15,26H,2,7-14H2,1H3,(H2,25,27). The Morgan fingerprint density at radius 3 is 2.73 bits per heavy atom. The van der Waals surface area contributed by atoms with E-state index in [1.165, 1.54) is 6.20 Å². The summed E-state index contributed by atoms with van der Waals surface area (Å²) in [4.78, 5) is 27.9. The van der Waals surface area contributed by atoms with E-state index < -0.39 is 15.7 Å². The van der Waals surface area contributed by atoms with Gasteiger partial charge in [-0.1, -0.05) is 0 Å². The molecule has 1 aromatic carbocycles. The number of hydrogen-bond acceptors (Lipinski definition) is 10. The summed E-state index contributed by atoms with van der Waals surface area (Å²) in [7, 11) is -1.34. The van der Waals surface area contributed by atoms with Crippen LogP contribution in [-0.2, 0) is 16.4 Å². The highest BCUT2D eigenvalue weighted by Gasteiger charge is 2.22. The number of carbonyl (C=O) groups excluding carboxylic acids is 1. The average Bonchev–Trinajstić information content (AvgIpc) is 3.38. The number of nitrogens with one attached hydrogen (secondary N) is 1. The molecule has 2 aliphatic heterocycles. The summed E-state index contributed by atoms with van der Waals surface area (Å²) in [5.41, 5.74) is 6.72. The lowest BCUT2D eigenvalue weighted by Crippen LogP contribution is -2.40. The molecule has 0 aliphatic carbocycles. The predicted molar refractivity (Wildman–Crippen MR) is 139 cm³/mol. The van der Waals surface area contributed by atoms with Gasteiger partial charge < -0.3 is 25.4 Å². The highest BCUT2D eigenvalue weighted by Crippen LogP contribution is 2.37. The van der Waals surface area contributed by atoms with E-state index in [0.29, 0.717) is 61.2 Å². The zero-order valence-corrected chi connectivity index (χ0v) is 21.3. The van der Waals surface area contributed by atoms with Gasteiger partial charge >= 0.3 is 0 Å². The number of anilines is 2. The van der Waals surface area contributed by atoms with Gasteiger partial charge in [-0.05, 0) is 30.7 Å². The van der Waals surface area contributed by atoms with Gasteiger partial charge in [-0.15, -0.1) is 0 Å². The Balaban J connectivity index is 1.39. The molecule has 0 unspecified atom stereocenters. The number of hydrogen-bond donors (Lipinski definition) is 2. The summed E-state index contributed by atoms with van der Waals surface area (Å²) in [5, 5.41) is 4.18. The number of nitrogens with zero attached hydrogens (tertiary/aromatic N) is 5. The molecule has 0 spiro atoms. The molecule has 4 heterocycles. The van der Waals surface area contributed by atoms with Gasteiger partial charge in [-0.2, -0.15) is 4.99 Å². The van der Waals surface area contributed by atoms with E-state index in [0.717, 1.165) is 24.2 Å². The number of ether oxygens (including phenoxy) is 2. The van der Waals surface area contributed by atoms with Crippen molar-refractivity contribution in [3.63, 3.8) is 0 Å². The van der Waals surface area contributed by atoms with Crippen LogP contribution in [0.2, 0.25) is 0 Å². The van der Waals surface area contributed by atoms with Gasteiger partial charge in [0, 0.05) is 44.3 Å². The Hall–Kier alpha value is -3.71. The fraction of sp³-hybridized carbons (Fsp3) is 0.417. The molecule has 2 aromatic heterocycles. The second-order valence-electron chi connectivity index (χ2n) is 8.92. The van der Waals surface area contributed by atoms with Crippen molar-refractivity contribution in [3.05, 3.63) is 41.6 Å². The van der Waals surface area contributed by atoms with Crippen LogP contribution in [-0.4, -0.2) is 85.2 Å². The Kier molecular flexibility index (Phi) is 6.98. The van der Waals surface area contributed by atoms with Gasteiger partial charge in [-0.3, -0.25) is 9.36 Å². The molecule has 0 saturated carbocycles. The van der Waals surface area contributed by atoms with Gasteiger partial charge in [0.1, 0.15) is 17.2 Å². The summed E-state index contributed by atoms with van der Waals surface area (Å²) < 4.78 is 36.8. The lowest BCUT2D eigenvalue weighted by atomic mass is 10.2. The Morgan fingerprint density at radius 1 is 1.19 bits per heavy atom. The van der Waals surface area contributed by atoms with Gasteiger partial charge in [0.2, 0.25) is 5.62 Å². The third-order valence-electron chi connectivity index (χ3n) is 6.45. The maximum absolute atomic E-state index is 12.8. The van der Waals surface area contributed by atoms with E-state index in [2.05, 4.69) is 20.2 Å². The van der Waals surface area contributed by atoms with Gasteiger partial charge in [-0.25, -0.2) is 18.4 Å². The monoisotopic (exact) mass is 527 g/mol. The minimum atomic E-state index is -2.89. The van der Waals surface area contributed by atoms with E-state index in [9.17, 15) is 13.2 Å². The number of pyridine rings is 1. The smallest absolute Gasteiger partial charge is 0.281 e. The van der Waals surface area contributed by atoms with Crippen LogP contribution in [0.5, 0.6) is 11.5 Å². The number of fused-ring (bicyclic) bond motifs is 3. The maximum atomic E-state index is 12.8. The van der Waals surface area contributed by atoms with E-state index in [-0.39, 0.29) is 17.1 Å². The molecular formula is C24H29N7O5S. The van der Waals surface area contributed by atoms with Crippen LogP contribution in [0, 0.1) is 0 Å². The van der Waals surface area contributed by atoms with Crippen LogP contribution >= 0.6 is 0 Å². The van der Waals surface area contributed by atoms with Crippen molar-refractivity contribution in [3.8, 4) is 11.5 Å². The molecule has 0 radical (unpaired) electrons. The third kappa shape index (κ3) is 5.37. The zero-order valence-electron chi connectivity index (χ0n) is 20.5. The molecule has 2 aliphatic rings. The Labute approximate surface area is 214 Å². The van der Waals surface area contributed by atoms with E-state index >= 15 is 0 Å². The van der Waals surface area contributed by atoms with Crippen LogP contribution in [0.15, 0.2) is 35.5 Å². The topological polar surface area (TPSA) is 154 Å². The number of aromatic nitrogens is 3. The number of amides is 1. The molecule has 5 rings (SSSR count). The summed E-state index contributed by atoms with van der Waals surface area (Å²) >= 11 is 0. The van der Waals surface area contributed by atoms with Gasteiger partial charge in [0.15, 0.2) is 21.3 Å². The van der Waals surface area contributed by atoms with Crippen LogP contribution in [0.4, 0.5) is 11.6 Å². The minimum absolute atomic E-state index is 0.207. The quantitative estimate of drug-likeness (QED) is 0.419. The second-order valence-corrected chi connectivity index (χ2v) is 11.2. The minimum Gasteiger partial charge on any atom is -0.491 e. The van der Waals surface area contributed by atoms with Crippen LogP contribution < -0.4 is 26.1 Å². The SMILES string of the molecule is COc1c(OCCCN2CCS(=O)(=O)CC2)ccc2c3n(c(=NC(=O)c4ccc(N)nc4)nc12)CCN3. The van der Waals surface area contributed by atoms with Crippen molar-refractivity contribution in [2.75, 3.05) is 62.5 Å².